The van der Waals surface area contributed by atoms with Crippen LogP contribution in [-0.4, -0.2) is 41.6 Å². The van der Waals surface area contributed by atoms with Crippen molar-refractivity contribution in [2.45, 2.75) is 18.9 Å². The van der Waals surface area contributed by atoms with Gasteiger partial charge in [-0.25, -0.2) is 9.18 Å². The molecule has 1 fully saturated rings. The minimum atomic E-state index is -0.902. The number of carboxylic acids is 1. The van der Waals surface area contributed by atoms with Crippen molar-refractivity contribution in [3.63, 3.8) is 0 Å². The maximum atomic E-state index is 13.2. The van der Waals surface area contributed by atoms with Gasteiger partial charge in [-0.1, -0.05) is 6.07 Å². The molecule has 6 heteroatoms. The van der Waals surface area contributed by atoms with Gasteiger partial charge in [0.05, 0.1) is 6.04 Å². The molecule has 0 bridgehead atoms. The van der Waals surface area contributed by atoms with Crippen LogP contribution < -0.4 is 4.90 Å². The normalized spacial score (nSPS) is 19.1. The highest BCUT2D eigenvalue weighted by atomic mass is 19.1. The van der Waals surface area contributed by atoms with Gasteiger partial charge in [-0.15, -0.1) is 0 Å². The highest BCUT2D eigenvalue weighted by Crippen LogP contribution is 2.26. The third kappa shape index (κ3) is 2.83. The Hall–Kier alpha value is -2.11. The largest absolute Gasteiger partial charge is 0.481 e. The number of carbonyl (C=O) groups is 2. The van der Waals surface area contributed by atoms with Gasteiger partial charge in [0.2, 0.25) is 0 Å². The third-order valence-corrected chi connectivity index (χ3v) is 3.16. The molecule has 0 aliphatic carbocycles. The SMILES string of the molecule is CN1CC(CCC(=O)O)N(c2cccc(F)c2)C1=O. The van der Waals surface area contributed by atoms with E-state index in [9.17, 15) is 14.0 Å². The highest BCUT2D eigenvalue weighted by molar-refractivity contribution is 5.94. The quantitative estimate of drug-likeness (QED) is 0.905. The van der Waals surface area contributed by atoms with E-state index >= 15 is 0 Å². The molecule has 1 atom stereocenters. The number of urea groups is 1. The standard InChI is InChI=1S/C13H15FN2O3/c1-15-8-11(5-6-12(17)18)16(13(15)19)10-4-2-3-9(14)7-10/h2-4,7,11H,5-6,8H2,1H3,(H,17,18). The topological polar surface area (TPSA) is 60.9 Å². The van der Waals surface area contributed by atoms with Gasteiger partial charge >= 0.3 is 12.0 Å². The smallest absolute Gasteiger partial charge is 0.324 e. The number of hydrogen-bond donors (Lipinski definition) is 1. The fourth-order valence-electron chi connectivity index (χ4n) is 2.27. The van der Waals surface area contributed by atoms with E-state index in [0.29, 0.717) is 18.7 Å². The number of carbonyl (C=O) groups excluding carboxylic acids is 1. The lowest BCUT2D eigenvalue weighted by Gasteiger charge is -2.22. The van der Waals surface area contributed by atoms with Crippen LogP contribution in [0.15, 0.2) is 24.3 Å². The van der Waals surface area contributed by atoms with Crippen molar-refractivity contribution < 1.29 is 19.1 Å². The van der Waals surface area contributed by atoms with Gasteiger partial charge in [0.25, 0.3) is 0 Å². The average Bonchev–Trinajstić information content (AvgIpc) is 2.63. The van der Waals surface area contributed by atoms with Crippen LogP contribution in [0.25, 0.3) is 0 Å². The zero-order valence-electron chi connectivity index (χ0n) is 10.5. The summed E-state index contributed by atoms with van der Waals surface area (Å²) in [5, 5.41) is 8.73. The lowest BCUT2D eigenvalue weighted by molar-refractivity contribution is -0.137. The molecule has 0 radical (unpaired) electrons. The molecule has 1 heterocycles. The van der Waals surface area contributed by atoms with Crippen molar-refractivity contribution >= 4 is 17.7 Å². The summed E-state index contributed by atoms with van der Waals surface area (Å²) < 4.78 is 13.2. The molecule has 5 nitrogen and oxygen atoms in total. The van der Waals surface area contributed by atoms with E-state index in [1.807, 2.05) is 0 Å². The Kier molecular flexibility index (Phi) is 3.69. The first kappa shape index (κ1) is 13.3. The van der Waals surface area contributed by atoms with Gasteiger partial charge in [0.1, 0.15) is 5.82 Å². The van der Waals surface area contributed by atoms with Gasteiger partial charge < -0.3 is 10.0 Å². The van der Waals surface area contributed by atoms with Crippen molar-refractivity contribution in [3.8, 4) is 0 Å². The molecule has 1 N–H and O–H groups in total. The molecule has 1 unspecified atom stereocenters. The number of rotatable bonds is 4. The molecule has 1 saturated heterocycles. The Morgan fingerprint density at radius 2 is 2.26 bits per heavy atom. The number of amides is 2. The second-order valence-electron chi connectivity index (χ2n) is 4.60. The summed E-state index contributed by atoms with van der Waals surface area (Å²) >= 11 is 0. The first-order valence-electron chi connectivity index (χ1n) is 6.00. The number of aliphatic carboxylic acids is 1. The second-order valence-corrected chi connectivity index (χ2v) is 4.60. The van der Waals surface area contributed by atoms with E-state index in [0.717, 1.165) is 0 Å². The fourth-order valence-corrected chi connectivity index (χ4v) is 2.27. The Labute approximate surface area is 110 Å². The Morgan fingerprint density at radius 1 is 1.53 bits per heavy atom. The summed E-state index contributed by atoms with van der Waals surface area (Å²) in [4.78, 5) is 25.7. The summed E-state index contributed by atoms with van der Waals surface area (Å²) in [6.07, 6.45) is 0.333. The van der Waals surface area contributed by atoms with Gasteiger partial charge in [-0.05, 0) is 24.6 Å². The van der Waals surface area contributed by atoms with Crippen molar-refractivity contribution in [2.24, 2.45) is 0 Å². The lowest BCUT2D eigenvalue weighted by Crippen LogP contribution is -2.34. The van der Waals surface area contributed by atoms with Crippen LogP contribution in [0.1, 0.15) is 12.8 Å². The van der Waals surface area contributed by atoms with Gasteiger partial charge in [0.15, 0.2) is 0 Å². The Bertz CT molecular complexity index is 506. The minimum absolute atomic E-state index is 0.0163. The highest BCUT2D eigenvalue weighted by Gasteiger charge is 2.36. The van der Waals surface area contributed by atoms with Crippen LogP contribution in [0.5, 0.6) is 0 Å². The molecule has 1 aliphatic heterocycles. The zero-order chi connectivity index (χ0) is 14.0. The molecule has 0 saturated carbocycles. The lowest BCUT2D eigenvalue weighted by atomic mass is 10.1. The fraction of sp³-hybridized carbons (Fsp3) is 0.385. The van der Waals surface area contributed by atoms with E-state index in [2.05, 4.69) is 0 Å². The van der Waals surface area contributed by atoms with Crippen molar-refractivity contribution in [1.29, 1.82) is 0 Å². The first-order valence-corrected chi connectivity index (χ1v) is 6.00. The number of nitrogens with zero attached hydrogens (tertiary/aromatic N) is 2. The number of carboxylic acid groups (broad SMARTS) is 1. The van der Waals surface area contributed by atoms with Crippen LogP contribution in [0.2, 0.25) is 0 Å². The third-order valence-electron chi connectivity index (χ3n) is 3.16. The molecule has 19 heavy (non-hydrogen) atoms. The Balaban J connectivity index is 2.23. The number of anilines is 1. The van der Waals surface area contributed by atoms with Crippen LogP contribution >= 0.6 is 0 Å². The number of benzene rings is 1. The maximum Gasteiger partial charge on any atom is 0.324 e. The van der Waals surface area contributed by atoms with Gasteiger partial charge in [-0.3, -0.25) is 9.69 Å². The monoisotopic (exact) mass is 266 g/mol. The Morgan fingerprint density at radius 3 is 2.89 bits per heavy atom. The summed E-state index contributed by atoms with van der Waals surface area (Å²) in [6, 6.07) is 5.29. The average molecular weight is 266 g/mol. The van der Waals surface area contributed by atoms with E-state index in [-0.39, 0.29) is 18.5 Å². The molecule has 1 aromatic carbocycles. The van der Waals surface area contributed by atoms with Crippen molar-refractivity contribution in [2.75, 3.05) is 18.5 Å². The predicted molar refractivity (Wildman–Crippen MR) is 67.6 cm³/mol. The van der Waals surface area contributed by atoms with Crippen molar-refractivity contribution in [3.05, 3.63) is 30.1 Å². The molecule has 102 valence electrons. The molecule has 2 rings (SSSR count). The van der Waals surface area contributed by atoms with Crippen molar-refractivity contribution in [1.82, 2.24) is 4.90 Å². The second kappa shape index (κ2) is 5.26. The van der Waals surface area contributed by atoms with Gasteiger partial charge in [0, 0.05) is 25.7 Å². The van der Waals surface area contributed by atoms with Crippen LogP contribution in [0, 0.1) is 5.82 Å². The molecule has 1 aromatic rings. The molecule has 0 spiro atoms. The number of halogens is 1. The molecular weight excluding hydrogens is 251 g/mol. The molecule has 2 amide bonds. The summed E-state index contributed by atoms with van der Waals surface area (Å²) in [5.41, 5.74) is 0.463. The molecule has 1 aliphatic rings. The first-order chi connectivity index (χ1) is 8.99. The van der Waals surface area contributed by atoms with Crippen LogP contribution in [-0.2, 0) is 4.79 Å². The molecule has 0 aromatic heterocycles. The van der Waals surface area contributed by atoms with E-state index < -0.39 is 11.8 Å². The summed E-state index contributed by atoms with van der Waals surface area (Å²) in [6.45, 7) is 0.447. The van der Waals surface area contributed by atoms with Gasteiger partial charge in [-0.2, -0.15) is 0 Å². The number of likely N-dealkylation sites (N-methyl/N-ethyl adjacent to an activating group) is 1. The van der Waals surface area contributed by atoms with Crippen LogP contribution in [0.3, 0.4) is 0 Å². The summed E-state index contributed by atoms with van der Waals surface area (Å²) in [7, 11) is 1.65. The van der Waals surface area contributed by atoms with E-state index in [1.165, 1.54) is 28.0 Å². The zero-order valence-corrected chi connectivity index (χ0v) is 10.5. The predicted octanol–water partition coefficient (Wildman–Crippen LogP) is 1.93. The van der Waals surface area contributed by atoms with E-state index in [4.69, 9.17) is 5.11 Å². The summed E-state index contributed by atoms with van der Waals surface area (Å²) in [5.74, 6) is -1.32. The van der Waals surface area contributed by atoms with E-state index in [1.54, 1.807) is 13.1 Å². The minimum Gasteiger partial charge on any atom is -0.481 e. The van der Waals surface area contributed by atoms with Crippen LogP contribution in [0.4, 0.5) is 14.9 Å². The molecular formula is C13H15FN2O3. The number of hydrogen-bond acceptors (Lipinski definition) is 2. The maximum absolute atomic E-state index is 13.2.